The molecule has 0 aliphatic carbocycles. The van der Waals surface area contributed by atoms with E-state index >= 15 is 0 Å². The van der Waals surface area contributed by atoms with Gasteiger partial charge in [0.2, 0.25) is 5.78 Å². The SMILES string of the molecule is CC(C)C1OC(N)=CC1=O. The van der Waals surface area contributed by atoms with Crippen LogP contribution in [-0.4, -0.2) is 11.9 Å². The Bertz CT molecular complexity index is 184. The molecule has 3 heteroatoms. The van der Waals surface area contributed by atoms with Gasteiger partial charge in [0.25, 0.3) is 0 Å². The van der Waals surface area contributed by atoms with E-state index in [1.165, 1.54) is 6.08 Å². The van der Waals surface area contributed by atoms with E-state index in [1.54, 1.807) is 0 Å². The molecule has 3 nitrogen and oxygen atoms in total. The minimum Gasteiger partial charge on any atom is -0.467 e. The summed E-state index contributed by atoms with van der Waals surface area (Å²) in [6.07, 6.45) is 0.991. The zero-order valence-corrected chi connectivity index (χ0v) is 6.13. The van der Waals surface area contributed by atoms with Gasteiger partial charge in [-0.2, -0.15) is 0 Å². The fourth-order valence-corrected chi connectivity index (χ4v) is 0.926. The van der Waals surface area contributed by atoms with E-state index in [9.17, 15) is 4.79 Å². The third kappa shape index (κ3) is 1.12. The van der Waals surface area contributed by atoms with Crippen molar-refractivity contribution < 1.29 is 9.53 Å². The van der Waals surface area contributed by atoms with Crippen LogP contribution in [0.5, 0.6) is 0 Å². The van der Waals surface area contributed by atoms with Crippen molar-refractivity contribution in [1.29, 1.82) is 0 Å². The van der Waals surface area contributed by atoms with Crippen LogP contribution in [0.1, 0.15) is 13.8 Å². The molecule has 0 radical (unpaired) electrons. The van der Waals surface area contributed by atoms with Gasteiger partial charge in [0.15, 0.2) is 12.0 Å². The second-order valence-electron chi connectivity index (χ2n) is 2.73. The highest BCUT2D eigenvalue weighted by Crippen LogP contribution is 2.16. The molecule has 0 fully saturated rings. The summed E-state index contributed by atoms with van der Waals surface area (Å²) in [5.74, 6) is 0.418. The standard InChI is InChI=1S/C7H11NO2/c1-4(2)7-5(9)3-6(8)10-7/h3-4,7H,8H2,1-2H3. The number of ether oxygens (including phenoxy) is 1. The molecular formula is C7H11NO2. The largest absolute Gasteiger partial charge is 0.467 e. The van der Waals surface area contributed by atoms with Crippen LogP contribution in [-0.2, 0) is 9.53 Å². The quantitative estimate of drug-likeness (QED) is 0.575. The second-order valence-corrected chi connectivity index (χ2v) is 2.73. The zero-order valence-electron chi connectivity index (χ0n) is 6.13. The normalized spacial score (nSPS) is 24.9. The van der Waals surface area contributed by atoms with E-state index in [4.69, 9.17) is 10.5 Å². The van der Waals surface area contributed by atoms with Crippen LogP contribution in [0.4, 0.5) is 0 Å². The summed E-state index contributed by atoms with van der Waals surface area (Å²) >= 11 is 0. The molecule has 56 valence electrons. The van der Waals surface area contributed by atoms with Gasteiger partial charge in [0.05, 0.1) is 0 Å². The Labute approximate surface area is 59.8 Å². The molecule has 0 spiro atoms. The molecule has 10 heavy (non-hydrogen) atoms. The van der Waals surface area contributed by atoms with Gasteiger partial charge in [-0.3, -0.25) is 4.79 Å². The van der Waals surface area contributed by atoms with Crippen molar-refractivity contribution in [3.05, 3.63) is 12.0 Å². The average Bonchev–Trinajstić information content (AvgIpc) is 2.10. The second kappa shape index (κ2) is 2.33. The number of carbonyl (C=O) groups is 1. The molecule has 0 bridgehead atoms. The van der Waals surface area contributed by atoms with Gasteiger partial charge in [0.1, 0.15) is 0 Å². The van der Waals surface area contributed by atoms with Crippen molar-refractivity contribution in [2.24, 2.45) is 11.7 Å². The van der Waals surface area contributed by atoms with Gasteiger partial charge in [-0.05, 0) is 5.92 Å². The topological polar surface area (TPSA) is 52.3 Å². The Balaban J connectivity index is 2.64. The van der Waals surface area contributed by atoms with E-state index in [-0.39, 0.29) is 23.7 Å². The number of hydrogen-bond donors (Lipinski definition) is 1. The van der Waals surface area contributed by atoms with Crippen molar-refractivity contribution in [1.82, 2.24) is 0 Å². The fraction of sp³-hybridized carbons (Fsp3) is 0.571. The molecule has 1 aliphatic rings. The van der Waals surface area contributed by atoms with E-state index in [0.717, 1.165) is 0 Å². The van der Waals surface area contributed by atoms with Crippen molar-refractivity contribution >= 4 is 5.78 Å². The van der Waals surface area contributed by atoms with Gasteiger partial charge in [0, 0.05) is 6.08 Å². The predicted octanol–water partition coefficient (Wildman–Crippen LogP) is 0.410. The van der Waals surface area contributed by atoms with E-state index < -0.39 is 0 Å². The maximum absolute atomic E-state index is 10.9. The molecule has 0 aromatic heterocycles. The van der Waals surface area contributed by atoms with Gasteiger partial charge in [-0.1, -0.05) is 13.8 Å². The third-order valence-electron chi connectivity index (χ3n) is 1.43. The minimum absolute atomic E-state index is 0.0208. The molecule has 0 aromatic rings. The first-order chi connectivity index (χ1) is 4.61. The fourth-order valence-electron chi connectivity index (χ4n) is 0.926. The lowest BCUT2D eigenvalue weighted by Crippen LogP contribution is -2.23. The van der Waals surface area contributed by atoms with Crippen LogP contribution in [0, 0.1) is 5.92 Å². The summed E-state index contributed by atoms with van der Waals surface area (Å²) in [6, 6.07) is 0. The van der Waals surface area contributed by atoms with Crippen molar-refractivity contribution in [3.8, 4) is 0 Å². The van der Waals surface area contributed by atoms with Crippen molar-refractivity contribution in [2.45, 2.75) is 20.0 Å². The van der Waals surface area contributed by atoms with Crippen LogP contribution in [0.25, 0.3) is 0 Å². The molecule has 1 aliphatic heterocycles. The summed E-state index contributed by atoms with van der Waals surface area (Å²) in [5, 5.41) is 0. The van der Waals surface area contributed by atoms with Gasteiger partial charge in [-0.25, -0.2) is 0 Å². The Morgan fingerprint density at radius 1 is 1.70 bits per heavy atom. The summed E-state index contributed by atoms with van der Waals surface area (Å²) in [7, 11) is 0. The average molecular weight is 141 g/mol. The molecule has 1 rings (SSSR count). The Hall–Kier alpha value is -0.990. The van der Waals surface area contributed by atoms with Crippen molar-refractivity contribution in [2.75, 3.05) is 0 Å². The van der Waals surface area contributed by atoms with Gasteiger partial charge < -0.3 is 10.5 Å². The lowest BCUT2D eigenvalue weighted by Gasteiger charge is -2.12. The maximum atomic E-state index is 10.9. The number of ketones is 1. The molecule has 1 unspecified atom stereocenters. The van der Waals surface area contributed by atoms with Crippen LogP contribution in [0.15, 0.2) is 12.0 Å². The van der Waals surface area contributed by atoms with Gasteiger partial charge >= 0.3 is 0 Å². The number of carbonyl (C=O) groups excluding carboxylic acids is 1. The zero-order chi connectivity index (χ0) is 7.72. The summed E-state index contributed by atoms with van der Waals surface area (Å²) in [6.45, 7) is 3.85. The summed E-state index contributed by atoms with van der Waals surface area (Å²) < 4.78 is 5.02. The van der Waals surface area contributed by atoms with Gasteiger partial charge in [-0.15, -0.1) is 0 Å². The maximum Gasteiger partial charge on any atom is 0.201 e. The lowest BCUT2D eigenvalue weighted by molar-refractivity contribution is -0.122. The molecule has 1 heterocycles. The molecule has 0 aromatic carbocycles. The van der Waals surface area contributed by atoms with E-state index in [0.29, 0.717) is 0 Å². The first-order valence-corrected chi connectivity index (χ1v) is 3.29. The van der Waals surface area contributed by atoms with Crippen molar-refractivity contribution in [3.63, 3.8) is 0 Å². The molecule has 0 saturated carbocycles. The monoisotopic (exact) mass is 141 g/mol. The van der Waals surface area contributed by atoms with Crippen LogP contribution in [0.3, 0.4) is 0 Å². The number of rotatable bonds is 1. The van der Waals surface area contributed by atoms with Crippen LogP contribution in [0.2, 0.25) is 0 Å². The highest BCUT2D eigenvalue weighted by atomic mass is 16.5. The summed E-state index contributed by atoms with van der Waals surface area (Å²) in [5.41, 5.74) is 5.27. The van der Waals surface area contributed by atoms with E-state index in [2.05, 4.69) is 0 Å². The minimum atomic E-state index is -0.347. The van der Waals surface area contributed by atoms with Crippen LogP contribution < -0.4 is 5.73 Å². The Morgan fingerprint density at radius 2 is 2.30 bits per heavy atom. The first kappa shape index (κ1) is 7.12. The molecular weight excluding hydrogens is 130 g/mol. The highest BCUT2D eigenvalue weighted by Gasteiger charge is 2.28. The predicted molar refractivity (Wildman–Crippen MR) is 37.0 cm³/mol. The summed E-state index contributed by atoms with van der Waals surface area (Å²) in [4.78, 5) is 10.9. The molecule has 1 atom stereocenters. The number of hydrogen-bond acceptors (Lipinski definition) is 3. The van der Waals surface area contributed by atoms with Crippen LogP contribution >= 0.6 is 0 Å². The lowest BCUT2D eigenvalue weighted by atomic mass is 10.0. The smallest absolute Gasteiger partial charge is 0.201 e. The molecule has 0 amide bonds. The van der Waals surface area contributed by atoms with E-state index in [1.807, 2.05) is 13.8 Å². The number of nitrogens with two attached hydrogens (primary N) is 1. The first-order valence-electron chi connectivity index (χ1n) is 3.29. The highest BCUT2D eigenvalue weighted by molar-refractivity contribution is 5.95. The molecule has 2 N–H and O–H groups in total. The molecule has 0 saturated heterocycles. The Morgan fingerprint density at radius 3 is 2.50 bits per heavy atom. The third-order valence-corrected chi connectivity index (χ3v) is 1.43. The Kier molecular flexibility index (Phi) is 1.66.